The molecular formula is C26H24O7. The van der Waals surface area contributed by atoms with Crippen molar-refractivity contribution in [3.05, 3.63) is 83.4 Å². The lowest BCUT2D eigenvalue weighted by atomic mass is 10.1. The van der Waals surface area contributed by atoms with Crippen molar-refractivity contribution < 1.29 is 33.3 Å². The highest BCUT2D eigenvalue weighted by atomic mass is 16.6. The van der Waals surface area contributed by atoms with Crippen LogP contribution in [-0.2, 0) is 0 Å². The van der Waals surface area contributed by atoms with E-state index in [1.54, 1.807) is 48.5 Å². The fraction of sp³-hybridized carbons (Fsp3) is 0.154. The lowest BCUT2D eigenvalue weighted by Gasteiger charge is -2.14. The van der Waals surface area contributed by atoms with Crippen LogP contribution in [0.25, 0.3) is 6.08 Å². The second-order valence-electron chi connectivity index (χ2n) is 6.78. The fourth-order valence-electron chi connectivity index (χ4n) is 3.10. The Hall–Kier alpha value is -4.26. The van der Waals surface area contributed by atoms with Crippen LogP contribution in [0.4, 0.5) is 0 Å². The van der Waals surface area contributed by atoms with Crippen LogP contribution in [0.1, 0.15) is 26.3 Å². The molecule has 3 rings (SSSR count). The Morgan fingerprint density at radius 3 is 1.88 bits per heavy atom. The monoisotopic (exact) mass is 448 g/mol. The van der Waals surface area contributed by atoms with Gasteiger partial charge in [0.2, 0.25) is 5.75 Å². The summed E-state index contributed by atoms with van der Waals surface area (Å²) in [6.45, 7) is 0. The lowest BCUT2D eigenvalue weighted by molar-refractivity contribution is 0.0728. The van der Waals surface area contributed by atoms with Gasteiger partial charge in [0.05, 0.1) is 34.0 Å². The molecule has 0 aromatic heterocycles. The van der Waals surface area contributed by atoms with E-state index < -0.39 is 5.97 Å². The summed E-state index contributed by atoms with van der Waals surface area (Å²) in [4.78, 5) is 25.1. The minimum Gasteiger partial charge on any atom is -0.493 e. The predicted molar refractivity (Wildman–Crippen MR) is 124 cm³/mol. The molecule has 3 aromatic carbocycles. The summed E-state index contributed by atoms with van der Waals surface area (Å²) >= 11 is 0. The van der Waals surface area contributed by atoms with E-state index in [2.05, 4.69) is 0 Å². The van der Waals surface area contributed by atoms with Gasteiger partial charge in [-0.3, -0.25) is 4.79 Å². The molecule has 0 spiro atoms. The van der Waals surface area contributed by atoms with Crippen molar-refractivity contribution >= 4 is 17.8 Å². The summed E-state index contributed by atoms with van der Waals surface area (Å²) in [5.74, 6) is 0.851. The molecule has 0 aliphatic heterocycles. The normalized spacial score (nSPS) is 10.5. The smallest absolute Gasteiger partial charge is 0.343 e. The average Bonchev–Trinajstić information content (AvgIpc) is 2.87. The molecule has 170 valence electrons. The number of hydrogen-bond donors (Lipinski definition) is 0. The van der Waals surface area contributed by atoms with Crippen molar-refractivity contribution in [3.8, 4) is 28.7 Å². The number of methoxy groups -OCH3 is 4. The van der Waals surface area contributed by atoms with E-state index in [1.165, 1.54) is 46.6 Å². The summed E-state index contributed by atoms with van der Waals surface area (Å²) in [7, 11) is 5.87. The molecule has 0 N–H and O–H groups in total. The Labute approximate surface area is 192 Å². The van der Waals surface area contributed by atoms with E-state index in [4.69, 9.17) is 23.7 Å². The molecule has 0 fully saturated rings. The molecule has 7 heteroatoms. The highest BCUT2D eigenvalue weighted by molar-refractivity contribution is 6.06. The van der Waals surface area contributed by atoms with Crippen LogP contribution in [0.15, 0.2) is 66.7 Å². The van der Waals surface area contributed by atoms with E-state index in [9.17, 15) is 9.59 Å². The minimum absolute atomic E-state index is 0.118. The number of ether oxygens (including phenoxy) is 5. The van der Waals surface area contributed by atoms with Crippen molar-refractivity contribution in [2.75, 3.05) is 28.4 Å². The molecule has 0 unspecified atom stereocenters. The predicted octanol–water partition coefficient (Wildman–Crippen LogP) is 4.84. The molecule has 0 radical (unpaired) electrons. The third-order valence-electron chi connectivity index (χ3n) is 4.78. The third kappa shape index (κ3) is 5.51. The number of hydrogen-bond acceptors (Lipinski definition) is 7. The maximum atomic E-state index is 12.8. The van der Waals surface area contributed by atoms with Crippen LogP contribution >= 0.6 is 0 Å². The second kappa shape index (κ2) is 10.9. The molecule has 0 bridgehead atoms. The number of allylic oxidation sites excluding steroid dienone is 1. The first-order valence-electron chi connectivity index (χ1n) is 9.98. The van der Waals surface area contributed by atoms with Crippen molar-refractivity contribution in [2.24, 2.45) is 0 Å². The number of ketones is 1. The van der Waals surface area contributed by atoms with Crippen molar-refractivity contribution in [1.82, 2.24) is 0 Å². The SMILES string of the molecule is COc1cc(C=CC(=O)c2ccccc2)ccc1OC(=O)c1cc(OC)c(OC)c(OC)c1. The Morgan fingerprint density at radius 2 is 1.30 bits per heavy atom. The third-order valence-corrected chi connectivity index (χ3v) is 4.78. The second-order valence-corrected chi connectivity index (χ2v) is 6.78. The molecule has 0 amide bonds. The molecule has 0 atom stereocenters. The summed E-state index contributed by atoms with van der Waals surface area (Å²) < 4.78 is 26.8. The summed E-state index contributed by atoms with van der Waals surface area (Å²) in [6.07, 6.45) is 3.15. The van der Waals surface area contributed by atoms with Crippen LogP contribution in [0.5, 0.6) is 28.7 Å². The van der Waals surface area contributed by atoms with Gasteiger partial charge in [0.1, 0.15) is 0 Å². The number of esters is 1. The summed E-state index contributed by atoms with van der Waals surface area (Å²) in [6, 6.07) is 17.0. The van der Waals surface area contributed by atoms with Gasteiger partial charge in [-0.15, -0.1) is 0 Å². The molecule has 0 saturated carbocycles. The van der Waals surface area contributed by atoms with Gasteiger partial charge in [-0.05, 0) is 35.9 Å². The van der Waals surface area contributed by atoms with Crippen LogP contribution in [0.2, 0.25) is 0 Å². The molecule has 3 aromatic rings. The fourth-order valence-corrected chi connectivity index (χ4v) is 3.10. The molecular weight excluding hydrogens is 424 g/mol. The molecule has 0 heterocycles. The highest BCUT2D eigenvalue weighted by Gasteiger charge is 2.19. The number of carbonyl (C=O) groups is 2. The Morgan fingerprint density at radius 1 is 0.667 bits per heavy atom. The van der Waals surface area contributed by atoms with Gasteiger partial charge in [0.25, 0.3) is 0 Å². The van der Waals surface area contributed by atoms with Gasteiger partial charge < -0.3 is 23.7 Å². The van der Waals surface area contributed by atoms with Gasteiger partial charge >= 0.3 is 5.97 Å². The molecule has 0 aliphatic carbocycles. The van der Waals surface area contributed by atoms with Gasteiger partial charge in [0, 0.05) is 5.56 Å². The van der Waals surface area contributed by atoms with Crippen LogP contribution in [-0.4, -0.2) is 40.2 Å². The Balaban J connectivity index is 1.81. The average molecular weight is 448 g/mol. The standard InChI is InChI=1S/C26H24O7/c1-29-22-14-17(10-12-20(27)18-8-6-5-7-9-18)11-13-21(22)33-26(28)19-15-23(30-2)25(32-4)24(16-19)31-3/h5-16H,1-4H3. The van der Waals surface area contributed by atoms with Crippen molar-refractivity contribution in [2.45, 2.75) is 0 Å². The largest absolute Gasteiger partial charge is 0.493 e. The highest BCUT2D eigenvalue weighted by Crippen LogP contribution is 2.39. The number of rotatable bonds is 9. The zero-order chi connectivity index (χ0) is 23.8. The maximum Gasteiger partial charge on any atom is 0.343 e. The first-order valence-corrected chi connectivity index (χ1v) is 9.98. The molecule has 0 saturated heterocycles. The lowest BCUT2D eigenvalue weighted by Crippen LogP contribution is -2.10. The van der Waals surface area contributed by atoms with Gasteiger partial charge in [-0.25, -0.2) is 4.79 Å². The zero-order valence-electron chi connectivity index (χ0n) is 18.8. The maximum absolute atomic E-state index is 12.8. The Kier molecular flexibility index (Phi) is 7.70. The van der Waals surface area contributed by atoms with Crippen molar-refractivity contribution in [3.63, 3.8) is 0 Å². The quantitative estimate of drug-likeness (QED) is 0.201. The molecule has 0 aliphatic rings. The van der Waals surface area contributed by atoms with E-state index in [-0.39, 0.29) is 17.1 Å². The molecule has 7 nitrogen and oxygen atoms in total. The first-order chi connectivity index (χ1) is 16.0. The van der Waals surface area contributed by atoms with E-state index >= 15 is 0 Å². The summed E-state index contributed by atoms with van der Waals surface area (Å²) in [5, 5.41) is 0. The van der Waals surface area contributed by atoms with Gasteiger partial charge in [0.15, 0.2) is 28.8 Å². The van der Waals surface area contributed by atoms with Gasteiger partial charge in [-0.1, -0.05) is 42.5 Å². The van der Waals surface area contributed by atoms with E-state index in [0.29, 0.717) is 34.1 Å². The molecule has 33 heavy (non-hydrogen) atoms. The number of carbonyl (C=O) groups excluding carboxylic acids is 2. The van der Waals surface area contributed by atoms with Crippen molar-refractivity contribution in [1.29, 1.82) is 0 Å². The van der Waals surface area contributed by atoms with Crippen LogP contribution in [0.3, 0.4) is 0 Å². The minimum atomic E-state index is -0.630. The van der Waals surface area contributed by atoms with Crippen LogP contribution < -0.4 is 23.7 Å². The van der Waals surface area contributed by atoms with E-state index in [1.807, 2.05) is 6.07 Å². The number of benzene rings is 3. The topological polar surface area (TPSA) is 80.3 Å². The Bertz CT molecular complexity index is 1140. The van der Waals surface area contributed by atoms with Crippen LogP contribution in [0, 0.1) is 0 Å². The first kappa shape index (κ1) is 23.4. The zero-order valence-corrected chi connectivity index (χ0v) is 18.8. The van der Waals surface area contributed by atoms with Gasteiger partial charge in [-0.2, -0.15) is 0 Å². The summed E-state index contributed by atoms with van der Waals surface area (Å²) in [5.41, 5.74) is 1.52. The van der Waals surface area contributed by atoms with E-state index in [0.717, 1.165) is 0 Å².